The predicted molar refractivity (Wildman–Crippen MR) is 127 cm³/mol. The van der Waals surface area contributed by atoms with Gasteiger partial charge in [-0.1, -0.05) is 51.0 Å². The fraction of sp³-hybridized carbons (Fsp3) is 0.720. The van der Waals surface area contributed by atoms with Crippen molar-refractivity contribution < 1.29 is 24.2 Å². The van der Waals surface area contributed by atoms with E-state index in [0.717, 1.165) is 11.1 Å². The molecule has 8 nitrogen and oxygen atoms in total. The Morgan fingerprint density at radius 1 is 1.21 bits per heavy atom. The van der Waals surface area contributed by atoms with Gasteiger partial charge in [-0.25, -0.2) is 4.79 Å². The third kappa shape index (κ3) is 6.16. The maximum atomic E-state index is 13.7. The number of allylic oxidation sites excluding steroid dienone is 3. The first-order chi connectivity index (χ1) is 14.9. The fourth-order valence-corrected chi connectivity index (χ4v) is 4.75. The number of aliphatic hydroxyl groups is 1. The minimum absolute atomic E-state index is 0.0422. The first kappa shape index (κ1) is 26.9. The zero-order valence-corrected chi connectivity index (χ0v) is 21.5. The summed E-state index contributed by atoms with van der Waals surface area (Å²) in [6, 6.07) is -1.95. The zero-order valence-electron chi connectivity index (χ0n) is 21.5. The van der Waals surface area contributed by atoms with Crippen LogP contribution in [0.2, 0.25) is 0 Å². The Hall–Kier alpha value is -2.35. The van der Waals surface area contributed by atoms with Crippen LogP contribution in [0.25, 0.3) is 0 Å². The minimum Gasteiger partial charge on any atom is -0.444 e. The predicted octanol–water partition coefficient (Wildman–Crippen LogP) is 2.90. The van der Waals surface area contributed by atoms with Gasteiger partial charge in [0.05, 0.1) is 12.1 Å². The van der Waals surface area contributed by atoms with Crippen LogP contribution in [0.1, 0.15) is 68.7 Å². The molecule has 1 saturated heterocycles. The van der Waals surface area contributed by atoms with Crippen molar-refractivity contribution in [1.29, 1.82) is 0 Å². The lowest BCUT2D eigenvalue weighted by molar-refractivity contribution is -0.141. The van der Waals surface area contributed by atoms with Gasteiger partial charge in [0.1, 0.15) is 17.7 Å². The molecule has 186 valence electrons. The topological polar surface area (TPSA) is 122 Å². The fourth-order valence-electron chi connectivity index (χ4n) is 4.75. The molecule has 1 aliphatic carbocycles. The van der Waals surface area contributed by atoms with Crippen LogP contribution in [0, 0.1) is 17.3 Å². The standard InChI is InChI=1S/C25H41N3O5/c1-14-10-15(2)16(3)17(11-14)25(32)12-18(20(26)29)28(13-25)21(30)19(23(4,5)6)27-22(31)33-24(7,8)9/h10-11,16-19,32H,12-13H2,1-9H3,(H2,26,29)(H,27,31)/t16-,17?,18-,19+,25-/m0/s1. The van der Waals surface area contributed by atoms with Crippen LogP contribution in [0.15, 0.2) is 23.3 Å². The number of hydrogen-bond donors (Lipinski definition) is 3. The number of nitrogens with zero attached hydrogens (tertiary/aromatic N) is 1. The molecule has 0 aromatic heterocycles. The molecule has 33 heavy (non-hydrogen) atoms. The number of alkyl carbamates (subject to hydrolysis) is 1. The van der Waals surface area contributed by atoms with E-state index >= 15 is 0 Å². The Labute approximate surface area is 197 Å². The summed E-state index contributed by atoms with van der Waals surface area (Å²) in [6.07, 6.45) is 3.41. The average molecular weight is 464 g/mol. The first-order valence-electron chi connectivity index (χ1n) is 11.5. The van der Waals surface area contributed by atoms with E-state index in [1.165, 1.54) is 4.90 Å². The molecule has 0 radical (unpaired) electrons. The zero-order chi connectivity index (χ0) is 25.5. The highest BCUT2D eigenvalue weighted by molar-refractivity contribution is 5.92. The van der Waals surface area contributed by atoms with Gasteiger partial charge in [0.25, 0.3) is 0 Å². The molecule has 3 amide bonds. The number of β-amino-alcohol motifs (C(OH)–C–C–N with tert-alkyl or cyclic N) is 1. The van der Waals surface area contributed by atoms with Crippen molar-refractivity contribution in [3.63, 3.8) is 0 Å². The smallest absolute Gasteiger partial charge is 0.408 e. The number of ether oxygens (including phenoxy) is 1. The minimum atomic E-state index is -1.32. The van der Waals surface area contributed by atoms with E-state index in [9.17, 15) is 19.5 Å². The molecule has 1 aliphatic heterocycles. The normalized spacial score (nSPS) is 29.2. The highest BCUT2D eigenvalue weighted by Gasteiger charge is 2.54. The van der Waals surface area contributed by atoms with Crippen LogP contribution >= 0.6 is 0 Å². The second-order valence-electron chi connectivity index (χ2n) is 11.8. The van der Waals surface area contributed by atoms with Gasteiger partial charge in [-0.2, -0.15) is 0 Å². The van der Waals surface area contributed by atoms with Gasteiger partial charge in [0.15, 0.2) is 0 Å². The molecule has 5 atom stereocenters. The van der Waals surface area contributed by atoms with Crippen molar-refractivity contribution in [2.24, 2.45) is 23.0 Å². The molecular formula is C25H41N3O5. The lowest BCUT2D eigenvalue weighted by atomic mass is 9.71. The second kappa shape index (κ2) is 9.12. The number of hydrogen-bond acceptors (Lipinski definition) is 5. The van der Waals surface area contributed by atoms with Crippen LogP contribution in [0.3, 0.4) is 0 Å². The lowest BCUT2D eigenvalue weighted by Gasteiger charge is -2.38. The molecule has 0 bridgehead atoms. The highest BCUT2D eigenvalue weighted by atomic mass is 16.6. The summed E-state index contributed by atoms with van der Waals surface area (Å²) in [5.74, 6) is -1.38. The molecule has 1 fully saturated rings. The molecule has 0 aromatic carbocycles. The van der Waals surface area contributed by atoms with Gasteiger partial charge in [-0.15, -0.1) is 0 Å². The van der Waals surface area contributed by atoms with Crippen LogP contribution in [0.4, 0.5) is 4.79 Å². The summed E-state index contributed by atoms with van der Waals surface area (Å²) < 4.78 is 5.35. The van der Waals surface area contributed by atoms with Crippen LogP contribution in [0.5, 0.6) is 0 Å². The van der Waals surface area contributed by atoms with Crippen molar-refractivity contribution >= 4 is 17.9 Å². The van der Waals surface area contributed by atoms with E-state index in [2.05, 4.69) is 11.4 Å². The largest absolute Gasteiger partial charge is 0.444 e. The lowest BCUT2D eigenvalue weighted by Crippen LogP contribution is -2.58. The molecule has 1 heterocycles. The molecule has 2 aliphatic rings. The van der Waals surface area contributed by atoms with Crippen molar-refractivity contribution in [2.75, 3.05) is 6.54 Å². The van der Waals surface area contributed by atoms with Gasteiger partial charge in [-0.3, -0.25) is 9.59 Å². The third-order valence-corrected chi connectivity index (χ3v) is 6.53. The van der Waals surface area contributed by atoms with E-state index in [4.69, 9.17) is 10.5 Å². The van der Waals surface area contributed by atoms with Gasteiger partial charge in [0.2, 0.25) is 11.8 Å². The summed E-state index contributed by atoms with van der Waals surface area (Å²) in [5.41, 5.74) is 5.11. The van der Waals surface area contributed by atoms with E-state index < -0.39 is 46.6 Å². The number of primary amides is 1. The molecule has 1 unspecified atom stereocenters. The monoisotopic (exact) mass is 463 g/mol. The molecule has 0 saturated carbocycles. The Morgan fingerprint density at radius 3 is 2.27 bits per heavy atom. The molecular weight excluding hydrogens is 422 g/mol. The SMILES string of the molecule is CC1=CC([C@]2(O)C[C@@H](C(N)=O)N(C(=O)[C@@H](NC(=O)OC(C)(C)C)C(C)(C)C)C2)[C@@H](C)C(C)=C1. The summed E-state index contributed by atoms with van der Waals surface area (Å²) in [5, 5.41) is 14.4. The van der Waals surface area contributed by atoms with E-state index in [-0.39, 0.29) is 24.8 Å². The summed E-state index contributed by atoms with van der Waals surface area (Å²) in [6.45, 7) is 16.6. The Bertz CT molecular complexity index is 864. The van der Waals surface area contributed by atoms with E-state index in [1.54, 1.807) is 20.8 Å². The maximum absolute atomic E-state index is 13.7. The number of rotatable bonds is 4. The van der Waals surface area contributed by atoms with Crippen molar-refractivity contribution in [3.05, 3.63) is 23.3 Å². The number of nitrogens with two attached hydrogens (primary N) is 1. The average Bonchev–Trinajstić information content (AvgIpc) is 2.99. The Morgan fingerprint density at radius 2 is 1.79 bits per heavy atom. The number of likely N-dealkylation sites (tertiary alicyclic amines) is 1. The first-order valence-corrected chi connectivity index (χ1v) is 11.5. The number of amides is 3. The van der Waals surface area contributed by atoms with Crippen molar-refractivity contribution in [2.45, 2.75) is 92.0 Å². The molecule has 8 heteroatoms. The molecule has 0 spiro atoms. The summed E-state index contributed by atoms with van der Waals surface area (Å²) >= 11 is 0. The third-order valence-electron chi connectivity index (χ3n) is 6.53. The Kier molecular flexibility index (Phi) is 7.44. The highest BCUT2D eigenvalue weighted by Crippen LogP contribution is 2.43. The van der Waals surface area contributed by atoms with E-state index in [0.29, 0.717) is 0 Å². The Balaban J connectivity index is 2.37. The van der Waals surface area contributed by atoms with Gasteiger partial charge < -0.3 is 25.8 Å². The van der Waals surface area contributed by atoms with Crippen molar-refractivity contribution in [1.82, 2.24) is 10.2 Å². The van der Waals surface area contributed by atoms with Gasteiger partial charge >= 0.3 is 6.09 Å². The molecule has 2 rings (SSSR count). The summed E-state index contributed by atoms with van der Waals surface area (Å²) in [7, 11) is 0. The van der Waals surface area contributed by atoms with Crippen molar-refractivity contribution in [3.8, 4) is 0 Å². The molecule has 0 aromatic rings. The van der Waals surface area contributed by atoms with E-state index in [1.807, 2.05) is 47.6 Å². The van der Waals surface area contributed by atoms with Gasteiger partial charge in [-0.05, 0) is 46.0 Å². The molecule has 4 N–H and O–H groups in total. The summed E-state index contributed by atoms with van der Waals surface area (Å²) in [4.78, 5) is 39.9. The number of carbonyl (C=O) groups is 3. The van der Waals surface area contributed by atoms with Crippen LogP contribution in [-0.4, -0.2) is 57.7 Å². The maximum Gasteiger partial charge on any atom is 0.408 e. The van der Waals surface area contributed by atoms with Crippen LogP contribution < -0.4 is 11.1 Å². The van der Waals surface area contributed by atoms with Crippen LogP contribution in [-0.2, 0) is 14.3 Å². The second-order valence-corrected chi connectivity index (χ2v) is 11.8. The van der Waals surface area contributed by atoms with Gasteiger partial charge in [0, 0.05) is 12.3 Å². The number of nitrogens with one attached hydrogen (secondary N) is 1. The quantitative estimate of drug-likeness (QED) is 0.592. The number of carbonyl (C=O) groups excluding carboxylic acids is 3.